The second kappa shape index (κ2) is 12.9. The Morgan fingerprint density at radius 3 is 1.49 bits per heavy atom. The van der Waals surface area contributed by atoms with Crippen molar-refractivity contribution in [1.29, 1.82) is 0 Å². The van der Waals surface area contributed by atoms with Crippen LogP contribution in [-0.2, 0) is 26.4 Å². The Bertz CT molecular complexity index is 1950. The van der Waals surface area contributed by atoms with E-state index in [-0.39, 0.29) is 18.1 Å². The maximum atomic E-state index is 8.68. The molecule has 49 heavy (non-hydrogen) atoms. The molecule has 257 valence electrons. The van der Waals surface area contributed by atoms with E-state index >= 15 is 0 Å². The second-order valence-corrected chi connectivity index (χ2v) is 59.9. The Morgan fingerprint density at radius 2 is 1.08 bits per heavy atom. The van der Waals surface area contributed by atoms with Crippen molar-refractivity contribution in [2.75, 3.05) is 0 Å². The molecule has 3 atom stereocenters. The summed E-state index contributed by atoms with van der Waals surface area (Å²) in [6, 6.07) is 32.1. The Balaban J connectivity index is 1.53. The van der Waals surface area contributed by atoms with Crippen molar-refractivity contribution in [1.82, 2.24) is 0 Å². The molecule has 4 aromatic carbocycles. The Morgan fingerprint density at radius 1 is 0.653 bits per heavy atom. The molecular formula is C45H55Cl2SiZr. The van der Waals surface area contributed by atoms with Crippen molar-refractivity contribution in [2.24, 2.45) is 5.92 Å². The molecule has 4 heteroatoms. The van der Waals surface area contributed by atoms with Crippen molar-refractivity contribution >= 4 is 35.1 Å². The SMILES string of the molecule is CCC(C)C1=Cc2c(-c3ccc(C(C)(C)C)cc3)cccc2[CH]1[Zr]([Cl])([Cl])([CH]1C(C)=Cc2c(-c3ccc(C(C)(C)C)cc3)cccc21)[SiH](C)C. The minimum atomic E-state index is -4.84. The van der Waals surface area contributed by atoms with Gasteiger partial charge in [0.2, 0.25) is 0 Å². The molecule has 0 fully saturated rings. The van der Waals surface area contributed by atoms with Crippen molar-refractivity contribution < 1.29 is 15.6 Å². The van der Waals surface area contributed by atoms with E-state index in [1.165, 1.54) is 66.8 Å². The van der Waals surface area contributed by atoms with Gasteiger partial charge in [-0.3, -0.25) is 0 Å². The third kappa shape index (κ3) is 6.20. The zero-order chi connectivity index (χ0) is 35.7. The number of allylic oxidation sites excluding steroid dienone is 2. The van der Waals surface area contributed by atoms with Crippen LogP contribution >= 0.6 is 17.0 Å². The standard InChI is InChI=1S/C23H27.C20H21.C2H7Si.2ClH.Zr/c1-6-16(2)19-14-18-8-7-9-21(22(18)15-19)17-10-12-20(13-11-17)23(3,4)5;1-14-12-16-6-5-7-18(19(16)13-14)15-8-10-17(11-9-15)20(2,3)4;1-3-2;;;/h7-16H,6H2,1-5H3;5-13H,1-4H3;3H,1-2H3;2*1H;/q;;;;;+2/p-2. The molecule has 0 aliphatic heterocycles. The first-order chi connectivity index (χ1) is 22.9. The van der Waals surface area contributed by atoms with Crippen LogP contribution in [0, 0.1) is 5.92 Å². The molecule has 0 spiro atoms. The average Bonchev–Trinajstić information content (AvgIpc) is 3.62. The van der Waals surface area contributed by atoms with E-state index in [9.17, 15) is 0 Å². The van der Waals surface area contributed by atoms with Gasteiger partial charge in [0, 0.05) is 0 Å². The third-order valence-corrected chi connectivity index (χ3v) is 63.9. The number of halogens is 2. The van der Waals surface area contributed by atoms with Gasteiger partial charge < -0.3 is 0 Å². The number of benzene rings is 4. The summed E-state index contributed by atoms with van der Waals surface area (Å²) in [6.45, 7) is 25.6. The number of hydrogen-bond acceptors (Lipinski definition) is 0. The fourth-order valence-corrected chi connectivity index (χ4v) is 40.7. The quantitative estimate of drug-likeness (QED) is 0.164. The van der Waals surface area contributed by atoms with Crippen LogP contribution in [0.2, 0.25) is 13.1 Å². The zero-order valence-electron chi connectivity index (χ0n) is 31.5. The molecule has 0 N–H and O–H groups in total. The molecule has 0 amide bonds. The van der Waals surface area contributed by atoms with Gasteiger partial charge >= 0.3 is 308 Å². The van der Waals surface area contributed by atoms with E-state index in [1.54, 1.807) is 0 Å². The summed E-state index contributed by atoms with van der Waals surface area (Å²) in [7, 11) is 17.4. The predicted molar refractivity (Wildman–Crippen MR) is 218 cm³/mol. The van der Waals surface area contributed by atoms with Crippen LogP contribution in [0.5, 0.6) is 0 Å². The van der Waals surface area contributed by atoms with Crippen molar-refractivity contribution in [3.05, 3.63) is 129 Å². The molecular weight excluding hydrogens is 731 g/mol. The Labute approximate surface area is 305 Å². The van der Waals surface area contributed by atoms with Crippen LogP contribution in [0.1, 0.15) is 109 Å². The van der Waals surface area contributed by atoms with Gasteiger partial charge in [0.05, 0.1) is 0 Å². The topological polar surface area (TPSA) is 0 Å². The molecule has 0 heterocycles. The fraction of sp³-hybridized carbons (Fsp3) is 0.378. The first kappa shape index (κ1) is 36.8. The van der Waals surface area contributed by atoms with Crippen molar-refractivity contribution in [3.63, 3.8) is 0 Å². The number of fused-ring (bicyclic) bond motifs is 2. The molecule has 0 saturated heterocycles. The summed E-state index contributed by atoms with van der Waals surface area (Å²) in [5.74, 6) is -1.25. The summed E-state index contributed by atoms with van der Waals surface area (Å²) in [4.78, 5) is 0. The Hall–Kier alpha value is -1.96. The fourth-order valence-electron chi connectivity index (χ4n) is 8.62. The van der Waals surface area contributed by atoms with Gasteiger partial charge in [0.15, 0.2) is 0 Å². The normalized spacial score (nSPS) is 19.2. The molecule has 2 aliphatic carbocycles. The molecule has 2 aliphatic rings. The van der Waals surface area contributed by atoms with Crippen LogP contribution in [-0.4, -0.2) is 5.92 Å². The summed E-state index contributed by atoms with van der Waals surface area (Å²) >= 11 is -4.84. The molecule has 4 aromatic rings. The van der Waals surface area contributed by atoms with Gasteiger partial charge in [-0.1, -0.05) is 0 Å². The minimum absolute atomic E-state index is 0.0818. The van der Waals surface area contributed by atoms with Gasteiger partial charge in [-0.2, -0.15) is 0 Å². The van der Waals surface area contributed by atoms with E-state index in [2.05, 4.69) is 172 Å². The number of hydrogen-bond donors (Lipinski definition) is 0. The summed E-state index contributed by atoms with van der Waals surface area (Å²) in [6.07, 6.45) is 6.01. The van der Waals surface area contributed by atoms with Crippen LogP contribution < -0.4 is 0 Å². The van der Waals surface area contributed by atoms with Crippen molar-refractivity contribution in [2.45, 2.75) is 99.9 Å². The van der Waals surface area contributed by atoms with E-state index in [0.717, 1.165) is 6.42 Å². The van der Waals surface area contributed by atoms with Crippen LogP contribution in [0.3, 0.4) is 0 Å². The maximum absolute atomic E-state index is 8.68. The van der Waals surface area contributed by atoms with Crippen LogP contribution in [0.25, 0.3) is 34.4 Å². The van der Waals surface area contributed by atoms with Gasteiger partial charge in [0.25, 0.3) is 0 Å². The van der Waals surface area contributed by atoms with E-state index in [4.69, 9.17) is 17.0 Å². The monoisotopic (exact) mass is 783 g/mol. The third-order valence-electron chi connectivity index (χ3n) is 11.9. The molecule has 0 nitrogen and oxygen atoms in total. The van der Waals surface area contributed by atoms with E-state index in [0.29, 0.717) is 5.92 Å². The molecule has 6 rings (SSSR count). The van der Waals surface area contributed by atoms with Crippen LogP contribution in [0.4, 0.5) is 0 Å². The first-order valence-electron chi connectivity index (χ1n) is 18.3. The van der Waals surface area contributed by atoms with Gasteiger partial charge in [-0.25, -0.2) is 0 Å². The van der Waals surface area contributed by atoms with Crippen molar-refractivity contribution in [3.8, 4) is 22.3 Å². The molecule has 0 saturated carbocycles. The van der Waals surface area contributed by atoms with E-state index < -0.39 is 21.5 Å². The molecule has 0 aromatic heterocycles. The summed E-state index contributed by atoms with van der Waals surface area (Å²) < 4.78 is 0.169. The summed E-state index contributed by atoms with van der Waals surface area (Å²) in [5.41, 5.74) is 16.2. The van der Waals surface area contributed by atoms with E-state index in [1.807, 2.05) is 0 Å². The average molecular weight is 786 g/mol. The molecule has 0 radical (unpaired) electrons. The summed E-state index contributed by atoms with van der Waals surface area (Å²) in [5, 5.41) is 0. The van der Waals surface area contributed by atoms with Crippen LogP contribution in [0.15, 0.2) is 96.1 Å². The van der Waals surface area contributed by atoms with Gasteiger partial charge in [-0.05, 0) is 0 Å². The Kier molecular flexibility index (Phi) is 9.70. The molecule has 3 unspecified atom stereocenters. The predicted octanol–water partition coefficient (Wildman–Crippen LogP) is 14.2. The first-order valence-corrected chi connectivity index (χ1v) is 34.6. The second-order valence-electron chi connectivity index (χ2n) is 17.4. The molecule has 0 bridgehead atoms. The zero-order valence-corrected chi connectivity index (χ0v) is 36.6. The van der Waals surface area contributed by atoms with Gasteiger partial charge in [0.1, 0.15) is 0 Å². The number of rotatable bonds is 7. The van der Waals surface area contributed by atoms with Gasteiger partial charge in [-0.15, -0.1) is 0 Å².